The van der Waals surface area contributed by atoms with E-state index in [2.05, 4.69) is 39.7 Å². The van der Waals surface area contributed by atoms with Crippen molar-refractivity contribution in [1.82, 2.24) is 15.2 Å². The zero-order valence-electron chi connectivity index (χ0n) is 13.2. The van der Waals surface area contributed by atoms with Crippen LogP contribution in [0.15, 0.2) is 24.4 Å². The van der Waals surface area contributed by atoms with Crippen LogP contribution < -0.4 is 10.6 Å². The maximum Gasteiger partial charge on any atom is 0.417 e. The van der Waals surface area contributed by atoms with E-state index in [0.717, 1.165) is 12.5 Å². The summed E-state index contributed by atoms with van der Waals surface area (Å²) in [5.74, 6) is 1.12. The topological polar surface area (TPSA) is 62.7 Å². The third-order valence-electron chi connectivity index (χ3n) is 3.11. The van der Waals surface area contributed by atoms with E-state index in [1.165, 1.54) is 18.3 Å². The van der Waals surface area contributed by atoms with Gasteiger partial charge in [0.25, 0.3) is 0 Å². The summed E-state index contributed by atoms with van der Waals surface area (Å²) in [6.07, 6.45) is -2.26. The second-order valence-corrected chi connectivity index (χ2v) is 6.00. The van der Waals surface area contributed by atoms with Gasteiger partial charge in [-0.1, -0.05) is 25.4 Å². The second kappa shape index (κ2) is 7.65. The standard InChI is InChI=1S/C15H17ClF3N5/c1-9(2)5-6-20-14-23-13(8-21-24-14)22-10-3-4-12(16)11(7-10)15(17,18)19/h3-4,7-9H,5-6H2,1-2H3,(H2,20,22,23,24). The van der Waals surface area contributed by atoms with Crippen molar-refractivity contribution in [3.63, 3.8) is 0 Å². The molecule has 0 aliphatic rings. The van der Waals surface area contributed by atoms with Gasteiger partial charge in [0, 0.05) is 12.2 Å². The molecule has 0 aliphatic heterocycles. The van der Waals surface area contributed by atoms with E-state index in [4.69, 9.17) is 11.6 Å². The molecular weight excluding hydrogens is 343 g/mol. The molecule has 1 aromatic carbocycles. The van der Waals surface area contributed by atoms with Crippen molar-refractivity contribution in [2.75, 3.05) is 17.2 Å². The molecule has 5 nitrogen and oxygen atoms in total. The van der Waals surface area contributed by atoms with Crippen LogP contribution in [-0.4, -0.2) is 21.7 Å². The number of benzene rings is 1. The lowest BCUT2D eigenvalue weighted by Crippen LogP contribution is -2.10. The third kappa shape index (κ3) is 5.23. The van der Waals surface area contributed by atoms with E-state index in [1.807, 2.05) is 0 Å². The van der Waals surface area contributed by atoms with Gasteiger partial charge in [0.2, 0.25) is 5.95 Å². The molecule has 1 aromatic heterocycles. The Balaban J connectivity index is 2.11. The lowest BCUT2D eigenvalue weighted by atomic mass is 10.1. The molecule has 0 saturated carbocycles. The third-order valence-corrected chi connectivity index (χ3v) is 3.44. The van der Waals surface area contributed by atoms with Gasteiger partial charge in [-0.3, -0.25) is 0 Å². The van der Waals surface area contributed by atoms with E-state index in [9.17, 15) is 13.2 Å². The lowest BCUT2D eigenvalue weighted by molar-refractivity contribution is -0.137. The maximum atomic E-state index is 12.9. The highest BCUT2D eigenvalue weighted by Gasteiger charge is 2.33. The predicted molar refractivity (Wildman–Crippen MR) is 87.5 cm³/mol. The molecule has 0 atom stereocenters. The Bertz CT molecular complexity index is 691. The predicted octanol–water partition coefficient (Wildman–Crippen LogP) is 4.75. The summed E-state index contributed by atoms with van der Waals surface area (Å²) >= 11 is 5.60. The number of aromatic nitrogens is 3. The number of nitrogens with zero attached hydrogens (tertiary/aromatic N) is 3. The van der Waals surface area contributed by atoms with Crippen LogP contribution in [0.4, 0.5) is 30.6 Å². The van der Waals surface area contributed by atoms with Gasteiger partial charge in [-0.2, -0.15) is 23.3 Å². The Kier molecular flexibility index (Phi) is 5.82. The minimum Gasteiger partial charge on any atom is -0.353 e. The highest BCUT2D eigenvalue weighted by molar-refractivity contribution is 6.31. The fraction of sp³-hybridized carbons (Fsp3) is 0.400. The second-order valence-electron chi connectivity index (χ2n) is 5.59. The fourth-order valence-electron chi connectivity index (χ4n) is 1.88. The van der Waals surface area contributed by atoms with Gasteiger partial charge in [-0.05, 0) is 30.5 Å². The van der Waals surface area contributed by atoms with Gasteiger partial charge < -0.3 is 10.6 Å². The first kappa shape index (κ1) is 18.3. The van der Waals surface area contributed by atoms with Crippen molar-refractivity contribution < 1.29 is 13.2 Å². The van der Waals surface area contributed by atoms with E-state index in [1.54, 1.807) is 0 Å². The number of anilines is 3. The van der Waals surface area contributed by atoms with E-state index < -0.39 is 11.7 Å². The molecule has 9 heteroatoms. The van der Waals surface area contributed by atoms with Crippen LogP contribution in [-0.2, 0) is 6.18 Å². The van der Waals surface area contributed by atoms with Crippen molar-refractivity contribution in [2.24, 2.45) is 5.92 Å². The van der Waals surface area contributed by atoms with Gasteiger partial charge in [-0.25, -0.2) is 0 Å². The molecule has 2 aromatic rings. The van der Waals surface area contributed by atoms with Crippen LogP contribution in [0.5, 0.6) is 0 Å². The average Bonchev–Trinajstić information content (AvgIpc) is 2.48. The summed E-state index contributed by atoms with van der Waals surface area (Å²) in [6.45, 7) is 4.87. The molecule has 0 amide bonds. The SMILES string of the molecule is CC(C)CCNc1nncc(Nc2ccc(Cl)c(C(F)(F)F)c2)n1. The quantitative estimate of drug-likeness (QED) is 0.779. The molecule has 1 heterocycles. The zero-order chi connectivity index (χ0) is 17.7. The monoisotopic (exact) mass is 359 g/mol. The summed E-state index contributed by atoms with van der Waals surface area (Å²) in [6, 6.07) is 3.55. The molecule has 2 rings (SSSR count). The van der Waals surface area contributed by atoms with E-state index >= 15 is 0 Å². The first-order chi connectivity index (χ1) is 11.3. The van der Waals surface area contributed by atoms with Crippen LogP contribution in [0, 0.1) is 5.92 Å². The Hall–Kier alpha value is -2.09. The number of alkyl halides is 3. The molecule has 0 aliphatic carbocycles. The Morgan fingerprint density at radius 3 is 2.67 bits per heavy atom. The summed E-state index contributed by atoms with van der Waals surface area (Å²) in [5, 5.41) is 13.1. The molecule has 0 radical (unpaired) electrons. The molecule has 0 unspecified atom stereocenters. The minimum absolute atomic E-state index is 0.209. The summed E-state index contributed by atoms with van der Waals surface area (Å²) in [5.41, 5.74) is -0.702. The summed E-state index contributed by atoms with van der Waals surface area (Å²) in [4.78, 5) is 4.17. The molecule has 2 N–H and O–H groups in total. The zero-order valence-corrected chi connectivity index (χ0v) is 13.9. The number of hydrogen-bond acceptors (Lipinski definition) is 5. The molecule has 0 fully saturated rings. The highest BCUT2D eigenvalue weighted by Crippen LogP contribution is 2.36. The van der Waals surface area contributed by atoms with Crippen LogP contribution >= 0.6 is 11.6 Å². The van der Waals surface area contributed by atoms with Crippen LogP contribution in [0.25, 0.3) is 0 Å². The van der Waals surface area contributed by atoms with Crippen LogP contribution in [0.2, 0.25) is 5.02 Å². The summed E-state index contributed by atoms with van der Waals surface area (Å²) in [7, 11) is 0. The molecule has 0 spiro atoms. The Morgan fingerprint density at radius 1 is 1.25 bits per heavy atom. The van der Waals surface area contributed by atoms with Gasteiger partial charge in [0.15, 0.2) is 5.82 Å². The number of nitrogens with one attached hydrogen (secondary N) is 2. The normalized spacial score (nSPS) is 11.6. The van der Waals surface area contributed by atoms with Gasteiger partial charge >= 0.3 is 6.18 Å². The highest BCUT2D eigenvalue weighted by atomic mass is 35.5. The number of hydrogen-bond donors (Lipinski definition) is 2. The van der Waals surface area contributed by atoms with Crippen molar-refractivity contribution in [3.8, 4) is 0 Å². The van der Waals surface area contributed by atoms with Gasteiger partial charge in [0.1, 0.15) is 0 Å². The number of halogens is 4. The van der Waals surface area contributed by atoms with Gasteiger partial charge in [0.05, 0.1) is 16.8 Å². The fourth-order valence-corrected chi connectivity index (χ4v) is 2.10. The molecule has 130 valence electrons. The lowest BCUT2D eigenvalue weighted by Gasteiger charge is -2.12. The summed E-state index contributed by atoms with van der Waals surface area (Å²) < 4.78 is 38.6. The smallest absolute Gasteiger partial charge is 0.353 e. The van der Waals surface area contributed by atoms with E-state index in [0.29, 0.717) is 18.4 Å². The van der Waals surface area contributed by atoms with Crippen molar-refractivity contribution in [2.45, 2.75) is 26.4 Å². The average molecular weight is 360 g/mol. The van der Waals surface area contributed by atoms with E-state index in [-0.39, 0.29) is 16.5 Å². The van der Waals surface area contributed by atoms with Crippen LogP contribution in [0.3, 0.4) is 0 Å². The molecule has 0 bridgehead atoms. The first-order valence-electron chi connectivity index (χ1n) is 7.33. The van der Waals surface area contributed by atoms with Crippen LogP contribution in [0.1, 0.15) is 25.8 Å². The number of rotatable bonds is 6. The van der Waals surface area contributed by atoms with Crippen molar-refractivity contribution >= 4 is 29.1 Å². The first-order valence-corrected chi connectivity index (χ1v) is 7.71. The molecule has 0 saturated heterocycles. The largest absolute Gasteiger partial charge is 0.417 e. The Morgan fingerprint density at radius 2 is 2.00 bits per heavy atom. The van der Waals surface area contributed by atoms with Crippen molar-refractivity contribution in [3.05, 3.63) is 35.0 Å². The molecule has 24 heavy (non-hydrogen) atoms. The minimum atomic E-state index is -4.53. The Labute approximate surface area is 142 Å². The molecular formula is C15H17ClF3N5. The maximum absolute atomic E-state index is 12.9. The van der Waals surface area contributed by atoms with Gasteiger partial charge in [-0.15, -0.1) is 5.10 Å². The van der Waals surface area contributed by atoms with Crippen molar-refractivity contribution in [1.29, 1.82) is 0 Å².